The molecule has 182 valence electrons. The molecule has 1 unspecified atom stereocenters. The Hall–Kier alpha value is -1.69. The average Bonchev–Trinajstić information content (AvgIpc) is 3.31. The summed E-state index contributed by atoms with van der Waals surface area (Å²) < 4.78 is 10.6. The maximum atomic E-state index is 5.67. The van der Waals surface area contributed by atoms with E-state index >= 15 is 0 Å². The predicted octanol–water partition coefficient (Wildman–Crippen LogP) is 2.80. The lowest BCUT2D eigenvalue weighted by Crippen LogP contribution is -2.52. The highest BCUT2D eigenvalue weighted by molar-refractivity contribution is 14.0. The standard InChI is InChI=1S/C24H36N6O2.HI/c1-3-25-24(30-10-8-28(9-11-30)19-23-7-13-32-27-23)26-16-21-5-4-6-22(15-21)18-29-12-14-31-20(2)17-29;/h4-7,13,15,20H,3,8-12,14,16-19H2,1-2H3,(H,25,26);1H. The number of morpholine rings is 1. The fraction of sp³-hybridized carbons (Fsp3) is 0.583. The van der Waals surface area contributed by atoms with Crippen molar-refractivity contribution >= 4 is 29.9 Å². The largest absolute Gasteiger partial charge is 0.376 e. The number of nitrogens with one attached hydrogen (secondary N) is 1. The summed E-state index contributed by atoms with van der Waals surface area (Å²) in [7, 11) is 0. The Bertz CT molecular complexity index is 854. The van der Waals surface area contributed by atoms with Crippen molar-refractivity contribution in [1.29, 1.82) is 0 Å². The Balaban J connectivity index is 0.00000306. The Morgan fingerprint density at radius 1 is 1.09 bits per heavy atom. The van der Waals surface area contributed by atoms with Crippen molar-refractivity contribution in [3.63, 3.8) is 0 Å². The van der Waals surface area contributed by atoms with E-state index in [0.717, 1.165) is 77.2 Å². The molecule has 1 N–H and O–H groups in total. The molecule has 1 atom stereocenters. The van der Waals surface area contributed by atoms with Crippen LogP contribution in [0.5, 0.6) is 0 Å². The first kappa shape index (κ1) is 25.9. The first-order chi connectivity index (χ1) is 15.7. The molecule has 8 nitrogen and oxygen atoms in total. The monoisotopic (exact) mass is 568 g/mol. The second kappa shape index (κ2) is 13.3. The number of rotatable bonds is 7. The van der Waals surface area contributed by atoms with Gasteiger partial charge >= 0.3 is 0 Å². The second-order valence-corrected chi connectivity index (χ2v) is 8.66. The van der Waals surface area contributed by atoms with E-state index in [-0.39, 0.29) is 24.0 Å². The molecule has 0 aliphatic carbocycles. The highest BCUT2D eigenvalue weighted by Crippen LogP contribution is 2.13. The van der Waals surface area contributed by atoms with Gasteiger partial charge in [-0.3, -0.25) is 9.80 Å². The third-order valence-corrected chi connectivity index (χ3v) is 6.02. The fourth-order valence-electron chi connectivity index (χ4n) is 4.38. The maximum Gasteiger partial charge on any atom is 0.194 e. The molecule has 2 saturated heterocycles. The van der Waals surface area contributed by atoms with E-state index in [2.05, 4.69) is 63.3 Å². The number of aliphatic imine (C=N–C) groups is 1. The molecule has 1 aromatic heterocycles. The van der Waals surface area contributed by atoms with Gasteiger partial charge in [0.2, 0.25) is 0 Å². The molecule has 33 heavy (non-hydrogen) atoms. The minimum Gasteiger partial charge on any atom is -0.376 e. The summed E-state index contributed by atoms with van der Waals surface area (Å²) in [6.45, 7) is 14.4. The molecule has 0 amide bonds. The number of guanidine groups is 1. The number of piperazine rings is 1. The molecule has 2 fully saturated rings. The molecule has 4 rings (SSSR count). The van der Waals surface area contributed by atoms with Gasteiger partial charge in [0.25, 0.3) is 0 Å². The topological polar surface area (TPSA) is 69.4 Å². The summed E-state index contributed by atoms with van der Waals surface area (Å²) in [5, 5.41) is 7.50. The average molecular weight is 569 g/mol. The van der Waals surface area contributed by atoms with Gasteiger partial charge in [-0.1, -0.05) is 29.4 Å². The quantitative estimate of drug-likeness (QED) is 0.313. The molecule has 9 heteroatoms. The minimum atomic E-state index is 0. The summed E-state index contributed by atoms with van der Waals surface area (Å²) in [6.07, 6.45) is 1.95. The van der Waals surface area contributed by atoms with Gasteiger partial charge < -0.3 is 19.5 Å². The lowest BCUT2D eigenvalue weighted by molar-refractivity contribution is -0.0212. The number of benzene rings is 1. The van der Waals surface area contributed by atoms with Gasteiger partial charge in [-0.25, -0.2) is 4.99 Å². The van der Waals surface area contributed by atoms with E-state index in [0.29, 0.717) is 12.6 Å². The van der Waals surface area contributed by atoms with Crippen LogP contribution >= 0.6 is 24.0 Å². The highest BCUT2D eigenvalue weighted by Gasteiger charge is 2.20. The van der Waals surface area contributed by atoms with Crippen LogP contribution in [0.25, 0.3) is 0 Å². The molecule has 0 bridgehead atoms. The fourth-order valence-corrected chi connectivity index (χ4v) is 4.38. The van der Waals surface area contributed by atoms with Crippen LogP contribution in [0.3, 0.4) is 0 Å². The van der Waals surface area contributed by atoms with E-state index < -0.39 is 0 Å². The van der Waals surface area contributed by atoms with Crippen molar-refractivity contribution in [2.75, 3.05) is 52.4 Å². The van der Waals surface area contributed by atoms with Crippen molar-refractivity contribution in [3.8, 4) is 0 Å². The van der Waals surface area contributed by atoms with Crippen molar-refractivity contribution in [2.45, 2.75) is 39.6 Å². The van der Waals surface area contributed by atoms with Crippen LogP contribution in [0, 0.1) is 0 Å². The molecular formula is C24H37IN6O2. The number of ether oxygens (including phenoxy) is 1. The molecule has 0 radical (unpaired) electrons. The van der Waals surface area contributed by atoms with Crippen molar-refractivity contribution < 1.29 is 9.26 Å². The SMILES string of the molecule is CCNC(=NCc1cccc(CN2CCOC(C)C2)c1)N1CCN(Cc2ccon2)CC1.I. The third kappa shape index (κ3) is 7.94. The van der Waals surface area contributed by atoms with Crippen molar-refractivity contribution in [3.05, 3.63) is 53.4 Å². The van der Waals surface area contributed by atoms with Crippen LogP contribution in [0.2, 0.25) is 0 Å². The van der Waals surface area contributed by atoms with Gasteiger partial charge in [-0.2, -0.15) is 0 Å². The zero-order valence-electron chi connectivity index (χ0n) is 19.8. The first-order valence-electron chi connectivity index (χ1n) is 11.8. The van der Waals surface area contributed by atoms with E-state index in [1.54, 1.807) is 6.26 Å². The van der Waals surface area contributed by atoms with Gasteiger partial charge in [-0.05, 0) is 25.0 Å². The lowest BCUT2D eigenvalue weighted by Gasteiger charge is -2.36. The Kier molecular flexibility index (Phi) is 10.4. The van der Waals surface area contributed by atoms with E-state index in [1.807, 2.05) is 6.07 Å². The summed E-state index contributed by atoms with van der Waals surface area (Å²) in [5.41, 5.74) is 3.59. The van der Waals surface area contributed by atoms with Crippen LogP contribution in [0.4, 0.5) is 0 Å². The van der Waals surface area contributed by atoms with Crippen LogP contribution in [-0.4, -0.2) is 84.3 Å². The zero-order valence-corrected chi connectivity index (χ0v) is 22.1. The van der Waals surface area contributed by atoms with Crippen LogP contribution in [0.15, 0.2) is 46.1 Å². The maximum absolute atomic E-state index is 5.67. The van der Waals surface area contributed by atoms with E-state index in [1.165, 1.54) is 11.1 Å². The summed E-state index contributed by atoms with van der Waals surface area (Å²) in [5.74, 6) is 1.00. The number of hydrogen-bond acceptors (Lipinski definition) is 6. The molecule has 2 aliphatic heterocycles. The molecular weight excluding hydrogens is 531 g/mol. The second-order valence-electron chi connectivity index (χ2n) is 8.66. The Labute approximate surface area is 214 Å². The molecule has 1 aromatic carbocycles. The number of hydrogen-bond donors (Lipinski definition) is 1. The smallest absolute Gasteiger partial charge is 0.194 e. The minimum absolute atomic E-state index is 0. The molecule has 0 saturated carbocycles. The molecule has 3 heterocycles. The number of halogens is 1. The lowest BCUT2D eigenvalue weighted by atomic mass is 10.1. The van der Waals surface area contributed by atoms with Crippen molar-refractivity contribution in [2.24, 2.45) is 4.99 Å². The highest BCUT2D eigenvalue weighted by atomic mass is 127. The van der Waals surface area contributed by atoms with E-state index in [4.69, 9.17) is 14.3 Å². The van der Waals surface area contributed by atoms with Crippen LogP contribution in [-0.2, 0) is 24.4 Å². The summed E-state index contributed by atoms with van der Waals surface area (Å²) in [4.78, 5) is 12.2. The third-order valence-electron chi connectivity index (χ3n) is 6.02. The Morgan fingerprint density at radius 3 is 2.64 bits per heavy atom. The summed E-state index contributed by atoms with van der Waals surface area (Å²) in [6, 6.07) is 10.8. The predicted molar refractivity (Wildman–Crippen MR) is 141 cm³/mol. The number of nitrogens with zero attached hydrogens (tertiary/aromatic N) is 5. The summed E-state index contributed by atoms with van der Waals surface area (Å²) >= 11 is 0. The van der Waals surface area contributed by atoms with Gasteiger partial charge in [0, 0.05) is 65.0 Å². The molecule has 2 aliphatic rings. The number of aromatic nitrogens is 1. The molecule has 0 spiro atoms. The Morgan fingerprint density at radius 2 is 1.91 bits per heavy atom. The van der Waals surface area contributed by atoms with Gasteiger partial charge in [0.05, 0.1) is 24.9 Å². The normalized spacial score (nSPS) is 20.5. The van der Waals surface area contributed by atoms with Crippen molar-refractivity contribution in [1.82, 2.24) is 25.2 Å². The van der Waals surface area contributed by atoms with Gasteiger partial charge in [0.15, 0.2) is 5.96 Å². The molecule has 2 aromatic rings. The first-order valence-corrected chi connectivity index (χ1v) is 11.8. The van der Waals surface area contributed by atoms with Gasteiger partial charge in [0.1, 0.15) is 6.26 Å². The van der Waals surface area contributed by atoms with Crippen LogP contribution < -0.4 is 5.32 Å². The van der Waals surface area contributed by atoms with Gasteiger partial charge in [-0.15, -0.1) is 24.0 Å². The van der Waals surface area contributed by atoms with Crippen LogP contribution in [0.1, 0.15) is 30.7 Å². The zero-order chi connectivity index (χ0) is 22.2. The van der Waals surface area contributed by atoms with E-state index in [9.17, 15) is 0 Å².